The third kappa shape index (κ3) is 4.37. The standard InChI is InChI=1S/C9H11O.2C7H7.Bi/c1-8-4-3-5-9(6-8)7-10-2;2*1-7-5-3-2-4-6-7;/h3-4,6H,7H2,1-2H3;2*2-3,5-6H,1H3;. The first kappa shape index (κ1) is 18.3. The Hall–Kier alpha value is -1.50. The molecule has 0 aliphatic rings. The third-order valence-electron chi connectivity index (χ3n) is 4.30. The van der Waals surface area contributed by atoms with Crippen molar-refractivity contribution >= 4 is 31.6 Å². The van der Waals surface area contributed by atoms with Gasteiger partial charge in [0.15, 0.2) is 0 Å². The Bertz CT molecular complexity index is 824. The van der Waals surface area contributed by atoms with E-state index in [4.69, 9.17) is 4.74 Å². The molecule has 0 unspecified atom stereocenters. The van der Waals surface area contributed by atoms with E-state index < -0.39 is 21.8 Å². The van der Waals surface area contributed by atoms with Gasteiger partial charge in [-0.25, -0.2) is 0 Å². The summed E-state index contributed by atoms with van der Waals surface area (Å²) in [6.07, 6.45) is 0. The molecule has 0 aliphatic heterocycles. The molecule has 0 saturated carbocycles. The zero-order valence-corrected chi connectivity index (χ0v) is 18.9. The molecule has 3 aromatic carbocycles. The van der Waals surface area contributed by atoms with Crippen LogP contribution in [-0.4, -0.2) is 28.9 Å². The maximum atomic E-state index is 5.53. The van der Waals surface area contributed by atoms with Crippen molar-refractivity contribution in [1.82, 2.24) is 0 Å². The molecule has 0 atom stereocenters. The molecular formula is C23H25BiO. The van der Waals surface area contributed by atoms with Crippen LogP contribution in [0.5, 0.6) is 0 Å². The summed E-state index contributed by atoms with van der Waals surface area (Å²) in [7, 11) is 1.79. The number of hydrogen-bond donors (Lipinski definition) is 0. The van der Waals surface area contributed by atoms with Gasteiger partial charge in [0.1, 0.15) is 0 Å². The Morgan fingerprint density at radius 2 is 1.28 bits per heavy atom. The van der Waals surface area contributed by atoms with Gasteiger partial charge in [-0.15, -0.1) is 0 Å². The molecule has 0 saturated heterocycles. The maximum absolute atomic E-state index is 5.53. The zero-order valence-electron chi connectivity index (χ0n) is 15.4. The second kappa shape index (κ2) is 8.25. The molecule has 0 spiro atoms. The second-order valence-electron chi connectivity index (χ2n) is 6.58. The van der Waals surface area contributed by atoms with Crippen molar-refractivity contribution in [2.75, 3.05) is 7.11 Å². The molecule has 2 heteroatoms. The molecule has 25 heavy (non-hydrogen) atoms. The van der Waals surface area contributed by atoms with Crippen molar-refractivity contribution in [2.45, 2.75) is 27.4 Å². The molecule has 1 nitrogen and oxygen atoms in total. The molecule has 128 valence electrons. The summed E-state index contributed by atoms with van der Waals surface area (Å²) in [4.78, 5) is 0. The third-order valence-corrected chi connectivity index (χ3v) is 14.0. The Morgan fingerprint density at radius 3 is 1.80 bits per heavy atom. The van der Waals surface area contributed by atoms with Crippen LogP contribution in [0.4, 0.5) is 0 Å². The molecule has 0 radical (unpaired) electrons. The minimum absolute atomic E-state index is 0.681. The average Bonchev–Trinajstić information content (AvgIpc) is 2.58. The van der Waals surface area contributed by atoms with Crippen molar-refractivity contribution < 1.29 is 4.74 Å². The summed E-state index contributed by atoms with van der Waals surface area (Å²) >= 11 is -2.35. The van der Waals surface area contributed by atoms with Crippen LogP contribution < -0.4 is 9.81 Å². The fourth-order valence-electron chi connectivity index (χ4n) is 3.16. The van der Waals surface area contributed by atoms with Crippen LogP contribution in [0.15, 0.2) is 66.7 Å². The summed E-state index contributed by atoms with van der Waals surface area (Å²) in [5.41, 5.74) is 5.33. The summed E-state index contributed by atoms with van der Waals surface area (Å²) in [6, 6.07) is 25.1. The van der Waals surface area contributed by atoms with Gasteiger partial charge < -0.3 is 0 Å². The van der Waals surface area contributed by atoms with E-state index >= 15 is 0 Å². The van der Waals surface area contributed by atoms with E-state index in [2.05, 4.69) is 87.5 Å². The monoisotopic (exact) mass is 526 g/mol. The Balaban J connectivity index is 2.22. The number of aryl methyl sites for hydroxylation is 3. The van der Waals surface area contributed by atoms with Gasteiger partial charge >= 0.3 is 160 Å². The number of ether oxygens (including phenoxy) is 1. The SMILES string of the molecule is COCc1cc(C)cc[c]1[Bi]([c]1cccc(C)c1)[c]1cccc(C)c1. The van der Waals surface area contributed by atoms with Crippen molar-refractivity contribution in [1.29, 1.82) is 0 Å². The van der Waals surface area contributed by atoms with Crippen LogP contribution in [0.3, 0.4) is 0 Å². The summed E-state index contributed by atoms with van der Waals surface area (Å²) in [5.74, 6) is 0. The predicted octanol–water partition coefficient (Wildman–Crippen LogP) is 3.27. The van der Waals surface area contributed by atoms with Crippen LogP contribution in [-0.2, 0) is 11.3 Å². The van der Waals surface area contributed by atoms with Crippen molar-refractivity contribution in [3.05, 3.63) is 89.0 Å². The van der Waals surface area contributed by atoms with Crippen LogP contribution in [0.1, 0.15) is 22.3 Å². The van der Waals surface area contributed by atoms with E-state index in [1.54, 1.807) is 7.11 Å². The fraction of sp³-hybridized carbons (Fsp3) is 0.217. The summed E-state index contributed by atoms with van der Waals surface area (Å²) in [5, 5.41) is 0. The van der Waals surface area contributed by atoms with Gasteiger partial charge in [-0.05, 0) is 0 Å². The Kier molecular flexibility index (Phi) is 6.04. The summed E-state index contributed by atoms with van der Waals surface area (Å²) in [6.45, 7) is 7.21. The normalized spacial score (nSPS) is 11.1. The Labute approximate surface area is 159 Å². The molecule has 0 fully saturated rings. The van der Waals surface area contributed by atoms with Gasteiger partial charge in [0.25, 0.3) is 0 Å². The van der Waals surface area contributed by atoms with Gasteiger partial charge in [0, 0.05) is 0 Å². The average molecular weight is 526 g/mol. The van der Waals surface area contributed by atoms with E-state index in [1.165, 1.54) is 32.1 Å². The van der Waals surface area contributed by atoms with Crippen molar-refractivity contribution in [2.24, 2.45) is 0 Å². The molecule has 3 rings (SSSR count). The van der Waals surface area contributed by atoms with Crippen LogP contribution in [0.25, 0.3) is 0 Å². The van der Waals surface area contributed by atoms with Crippen LogP contribution in [0.2, 0.25) is 0 Å². The van der Waals surface area contributed by atoms with Gasteiger partial charge in [-0.2, -0.15) is 0 Å². The number of rotatable bonds is 5. The van der Waals surface area contributed by atoms with Crippen LogP contribution in [0, 0.1) is 20.8 Å². The van der Waals surface area contributed by atoms with E-state index in [1.807, 2.05) is 0 Å². The molecule has 0 amide bonds. The second-order valence-corrected chi connectivity index (χ2v) is 15.1. The number of methoxy groups -OCH3 is 1. The van der Waals surface area contributed by atoms with Gasteiger partial charge in [-0.1, -0.05) is 0 Å². The number of hydrogen-bond acceptors (Lipinski definition) is 1. The van der Waals surface area contributed by atoms with E-state index in [0.29, 0.717) is 6.61 Å². The van der Waals surface area contributed by atoms with Gasteiger partial charge in [-0.3, -0.25) is 0 Å². The molecule has 0 bridgehead atoms. The van der Waals surface area contributed by atoms with Crippen molar-refractivity contribution in [3.63, 3.8) is 0 Å². The number of benzene rings is 3. The summed E-state index contributed by atoms with van der Waals surface area (Å²) < 4.78 is 10.1. The first-order chi connectivity index (χ1) is 12.1. The molecule has 0 aromatic heterocycles. The molecule has 0 aliphatic carbocycles. The first-order valence-electron chi connectivity index (χ1n) is 8.60. The first-order valence-corrected chi connectivity index (χ1v) is 13.8. The zero-order chi connectivity index (χ0) is 17.8. The minimum atomic E-state index is -2.35. The van der Waals surface area contributed by atoms with E-state index in [-0.39, 0.29) is 0 Å². The topological polar surface area (TPSA) is 9.23 Å². The molecule has 3 aromatic rings. The molecular weight excluding hydrogens is 501 g/mol. The van der Waals surface area contributed by atoms with Gasteiger partial charge in [0.2, 0.25) is 0 Å². The predicted molar refractivity (Wildman–Crippen MR) is 109 cm³/mol. The molecule has 0 N–H and O–H groups in total. The van der Waals surface area contributed by atoms with E-state index in [0.717, 1.165) is 0 Å². The fourth-order valence-corrected chi connectivity index (χ4v) is 13.4. The van der Waals surface area contributed by atoms with E-state index in [9.17, 15) is 0 Å². The van der Waals surface area contributed by atoms with Crippen molar-refractivity contribution in [3.8, 4) is 0 Å². The quantitative estimate of drug-likeness (QED) is 0.464. The van der Waals surface area contributed by atoms with Gasteiger partial charge in [0.05, 0.1) is 0 Å². The van der Waals surface area contributed by atoms with Crippen LogP contribution >= 0.6 is 0 Å². The molecule has 0 heterocycles. The Morgan fingerprint density at radius 1 is 0.720 bits per heavy atom.